The van der Waals surface area contributed by atoms with Crippen LogP contribution in [-0.2, 0) is 5.41 Å². The first-order valence-electron chi connectivity index (χ1n) is 21.8. The van der Waals surface area contributed by atoms with Gasteiger partial charge in [0.15, 0.2) is 0 Å². The van der Waals surface area contributed by atoms with Crippen molar-refractivity contribution in [2.24, 2.45) is 0 Å². The van der Waals surface area contributed by atoms with Gasteiger partial charge in [0.2, 0.25) is 0 Å². The Kier molecular flexibility index (Phi) is 8.76. The molecule has 1 aliphatic carbocycles. The molecular formula is C61H42N2. The molecule has 1 heterocycles. The highest BCUT2D eigenvalue weighted by Crippen LogP contribution is 2.56. The number of rotatable bonds is 8. The molecular weight excluding hydrogens is 761 g/mol. The van der Waals surface area contributed by atoms with Crippen LogP contribution in [0.3, 0.4) is 0 Å². The van der Waals surface area contributed by atoms with Crippen molar-refractivity contribution in [3.05, 3.63) is 277 Å². The minimum atomic E-state index is -0.463. The lowest BCUT2D eigenvalue weighted by atomic mass is 9.68. The van der Waals surface area contributed by atoms with Gasteiger partial charge >= 0.3 is 0 Å². The molecule has 0 radical (unpaired) electrons. The number of para-hydroxylation sites is 3. The van der Waals surface area contributed by atoms with E-state index in [0.717, 1.165) is 28.3 Å². The lowest BCUT2D eigenvalue weighted by Gasteiger charge is -2.34. The lowest BCUT2D eigenvalue weighted by molar-refractivity contribution is 0.768. The fourth-order valence-corrected chi connectivity index (χ4v) is 10.4. The van der Waals surface area contributed by atoms with Gasteiger partial charge in [-0.2, -0.15) is 0 Å². The fourth-order valence-electron chi connectivity index (χ4n) is 10.4. The first-order valence-corrected chi connectivity index (χ1v) is 21.8. The van der Waals surface area contributed by atoms with Gasteiger partial charge in [-0.3, -0.25) is 0 Å². The third-order valence-corrected chi connectivity index (χ3v) is 13.1. The summed E-state index contributed by atoms with van der Waals surface area (Å²) >= 11 is 0. The summed E-state index contributed by atoms with van der Waals surface area (Å²) in [5, 5.41) is 2.53. The largest absolute Gasteiger partial charge is 0.310 e. The highest BCUT2D eigenvalue weighted by Gasteiger charge is 2.45. The van der Waals surface area contributed by atoms with Crippen LogP contribution in [0.15, 0.2) is 255 Å². The minimum absolute atomic E-state index is 0.463. The minimum Gasteiger partial charge on any atom is -0.310 e. The average molecular weight is 803 g/mol. The van der Waals surface area contributed by atoms with E-state index in [2.05, 4.69) is 264 Å². The number of fused-ring (bicyclic) bond motifs is 6. The Bertz CT molecular complexity index is 3340. The normalized spacial score (nSPS) is 12.6. The summed E-state index contributed by atoms with van der Waals surface area (Å²) in [5.41, 5.74) is 18.8. The van der Waals surface area contributed by atoms with E-state index < -0.39 is 5.41 Å². The van der Waals surface area contributed by atoms with Gasteiger partial charge in [-0.05, 0) is 105 Å². The number of benzene rings is 10. The number of aromatic nitrogens is 1. The van der Waals surface area contributed by atoms with Crippen LogP contribution in [-0.4, -0.2) is 4.57 Å². The van der Waals surface area contributed by atoms with Crippen molar-refractivity contribution in [3.8, 4) is 39.1 Å². The van der Waals surface area contributed by atoms with Crippen LogP contribution in [0.1, 0.15) is 22.3 Å². The van der Waals surface area contributed by atoms with Crippen molar-refractivity contribution < 1.29 is 0 Å². The monoisotopic (exact) mass is 802 g/mol. The molecule has 0 bridgehead atoms. The molecule has 0 saturated carbocycles. The molecule has 2 nitrogen and oxygen atoms in total. The predicted molar refractivity (Wildman–Crippen MR) is 264 cm³/mol. The summed E-state index contributed by atoms with van der Waals surface area (Å²) in [6.45, 7) is 0. The molecule has 1 aromatic heterocycles. The van der Waals surface area contributed by atoms with Gasteiger partial charge in [0.1, 0.15) is 0 Å². The van der Waals surface area contributed by atoms with Crippen molar-refractivity contribution >= 4 is 38.9 Å². The number of nitrogens with zero attached hydrogens (tertiary/aromatic N) is 2. The highest BCUT2D eigenvalue weighted by atomic mass is 15.1. The second kappa shape index (κ2) is 15.1. The zero-order chi connectivity index (χ0) is 41.7. The van der Waals surface area contributed by atoms with Gasteiger partial charge in [-0.15, -0.1) is 0 Å². The van der Waals surface area contributed by atoms with E-state index in [-0.39, 0.29) is 0 Å². The maximum atomic E-state index is 2.41. The summed E-state index contributed by atoms with van der Waals surface area (Å²) < 4.78 is 2.39. The molecule has 0 amide bonds. The van der Waals surface area contributed by atoms with Gasteiger partial charge in [0.05, 0.1) is 22.1 Å². The smallest absolute Gasteiger partial charge is 0.0713 e. The van der Waals surface area contributed by atoms with E-state index in [1.165, 1.54) is 71.9 Å². The standard InChI is InChI=1S/C61H42N2/c1-3-18-44(19-4-1)51-24-9-14-31-58(51)62(48-38-34-43(35-39-48)45-20-17-23-50(42-45)63-59-32-15-10-27-54(59)55-28-11-16-33-60(55)63)49-40-36-47(37-41-49)61(46-21-5-2-6-22-46)56-29-12-7-25-52(56)53-26-8-13-30-57(53)61/h1-42H. The van der Waals surface area contributed by atoms with E-state index >= 15 is 0 Å². The van der Waals surface area contributed by atoms with Crippen molar-refractivity contribution in [1.29, 1.82) is 0 Å². The Labute approximate surface area is 368 Å². The van der Waals surface area contributed by atoms with E-state index in [1.807, 2.05) is 0 Å². The van der Waals surface area contributed by atoms with E-state index in [0.29, 0.717) is 0 Å². The predicted octanol–water partition coefficient (Wildman–Crippen LogP) is 16.0. The molecule has 0 atom stereocenters. The second-order valence-corrected chi connectivity index (χ2v) is 16.4. The molecule has 0 N–H and O–H groups in total. The third-order valence-electron chi connectivity index (χ3n) is 13.1. The van der Waals surface area contributed by atoms with Crippen molar-refractivity contribution in [1.82, 2.24) is 4.57 Å². The van der Waals surface area contributed by atoms with E-state index in [9.17, 15) is 0 Å². The summed E-state index contributed by atoms with van der Waals surface area (Å²) in [6.07, 6.45) is 0. The summed E-state index contributed by atoms with van der Waals surface area (Å²) in [6, 6.07) is 93.1. The van der Waals surface area contributed by atoms with Crippen molar-refractivity contribution in [2.75, 3.05) is 4.90 Å². The van der Waals surface area contributed by atoms with Crippen LogP contribution in [0.5, 0.6) is 0 Å². The molecule has 0 saturated heterocycles. The van der Waals surface area contributed by atoms with Gasteiger partial charge in [-0.1, -0.05) is 200 Å². The van der Waals surface area contributed by atoms with Crippen LogP contribution >= 0.6 is 0 Å². The third kappa shape index (κ3) is 5.87. The van der Waals surface area contributed by atoms with E-state index in [1.54, 1.807) is 0 Å². The molecule has 10 aromatic carbocycles. The second-order valence-electron chi connectivity index (χ2n) is 16.4. The molecule has 0 spiro atoms. The fraction of sp³-hybridized carbons (Fsp3) is 0.0164. The average Bonchev–Trinajstić information content (AvgIpc) is 3.86. The van der Waals surface area contributed by atoms with Gasteiger partial charge in [-0.25, -0.2) is 0 Å². The number of anilines is 3. The van der Waals surface area contributed by atoms with Gasteiger partial charge in [0.25, 0.3) is 0 Å². The molecule has 296 valence electrons. The first kappa shape index (κ1) is 36.6. The molecule has 0 fully saturated rings. The Morgan fingerprint density at radius 1 is 0.317 bits per heavy atom. The lowest BCUT2D eigenvalue weighted by Crippen LogP contribution is -2.28. The van der Waals surface area contributed by atoms with Gasteiger partial charge < -0.3 is 9.47 Å². The maximum Gasteiger partial charge on any atom is 0.0713 e. The number of hydrogen-bond acceptors (Lipinski definition) is 1. The number of hydrogen-bond donors (Lipinski definition) is 0. The SMILES string of the molecule is c1ccc(-c2ccccc2N(c2ccc(-c3cccc(-n4c5ccccc5c5ccccc54)c3)cc2)c2ccc(C3(c4ccccc4)c4ccccc4-c4ccccc43)cc2)cc1. The zero-order valence-corrected chi connectivity index (χ0v) is 34.6. The Hall–Kier alpha value is -8.20. The molecule has 0 aliphatic heterocycles. The summed E-state index contributed by atoms with van der Waals surface area (Å²) in [4.78, 5) is 2.41. The van der Waals surface area contributed by atoms with Crippen LogP contribution in [0.4, 0.5) is 17.1 Å². The van der Waals surface area contributed by atoms with Crippen LogP contribution in [0.2, 0.25) is 0 Å². The van der Waals surface area contributed by atoms with E-state index in [4.69, 9.17) is 0 Å². The summed E-state index contributed by atoms with van der Waals surface area (Å²) in [7, 11) is 0. The quantitative estimate of drug-likeness (QED) is 0.149. The Balaban J connectivity index is 0.988. The van der Waals surface area contributed by atoms with Crippen molar-refractivity contribution in [2.45, 2.75) is 5.41 Å². The van der Waals surface area contributed by atoms with Crippen molar-refractivity contribution in [3.63, 3.8) is 0 Å². The van der Waals surface area contributed by atoms with Crippen LogP contribution < -0.4 is 4.90 Å². The van der Waals surface area contributed by atoms with Gasteiger partial charge in [0, 0.05) is 33.4 Å². The highest BCUT2D eigenvalue weighted by molar-refractivity contribution is 6.09. The van der Waals surface area contributed by atoms with Crippen LogP contribution in [0, 0.1) is 0 Å². The molecule has 63 heavy (non-hydrogen) atoms. The zero-order valence-electron chi connectivity index (χ0n) is 34.6. The molecule has 1 aliphatic rings. The molecule has 11 aromatic rings. The summed E-state index contributed by atoms with van der Waals surface area (Å²) in [5.74, 6) is 0. The topological polar surface area (TPSA) is 8.17 Å². The Morgan fingerprint density at radius 3 is 1.43 bits per heavy atom. The van der Waals surface area contributed by atoms with Crippen LogP contribution in [0.25, 0.3) is 60.9 Å². The molecule has 0 unspecified atom stereocenters. The first-order chi connectivity index (χ1) is 31.3. The Morgan fingerprint density at radius 2 is 0.794 bits per heavy atom. The molecule has 12 rings (SSSR count). The molecule has 2 heteroatoms. The maximum absolute atomic E-state index is 2.41.